The maximum Gasteiger partial charge on any atom is 0.284 e. The molecule has 150 valence electrons. The number of hydrogen-bond donors (Lipinski definition) is 1. The number of hydrogen-bond acceptors (Lipinski definition) is 6. The van der Waals surface area contributed by atoms with E-state index >= 15 is 0 Å². The quantitative estimate of drug-likeness (QED) is 0.449. The molecule has 0 saturated carbocycles. The Morgan fingerprint density at radius 1 is 1.28 bits per heavy atom. The van der Waals surface area contributed by atoms with Crippen molar-refractivity contribution in [3.05, 3.63) is 70.0 Å². The van der Waals surface area contributed by atoms with Crippen LogP contribution in [-0.4, -0.2) is 25.6 Å². The van der Waals surface area contributed by atoms with Crippen molar-refractivity contribution < 1.29 is 9.72 Å². The predicted molar refractivity (Wildman–Crippen MR) is 111 cm³/mol. The monoisotopic (exact) mass is 411 g/mol. The van der Waals surface area contributed by atoms with Crippen molar-refractivity contribution in [1.82, 2.24) is 14.8 Å². The van der Waals surface area contributed by atoms with Gasteiger partial charge in [-0.25, -0.2) is 0 Å². The first-order valence-corrected chi connectivity index (χ1v) is 9.92. The van der Waals surface area contributed by atoms with E-state index in [4.69, 9.17) is 0 Å². The Kier molecular flexibility index (Phi) is 6.28. The smallest absolute Gasteiger partial charge is 0.284 e. The number of carbonyl (C=O) groups is 1. The Bertz CT molecular complexity index is 1030. The summed E-state index contributed by atoms with van der Waals surface area (Å²) in [6.07, 6.45) is 2.55. The molecule has 0 spiro atoms. The fourth-order valence-corrected chi connectivity index (χ4v) is 3.53. The Morgan fingerprint density at radius 2 is 2.00 bits per heavy atom. The summed E-state index contributed by atoms with van der Waals surface area (Å²) in [6.45, 7) is 4.27. The maximum absolute atomic E-state index is 12.6. The maximum atomic E-state index is 12.6. The molecule has 8 nitrogen and oxygen atoms in total. The van der Waals surface area contributed by atoms with Gasteiger partial charge in [0.2, 0.25) is 0 Å². The minimum atomic E-state index is -0.504. The van der Waals surface area contributed by atoms with Crippen LogP contribution in [0.2, 0.25) is 0 Å². The second-order valence-corrected chi connectivity index (χ2v) is 7.66. The zero-order valence-electron chi connectivity index (χ0n) is 16.3. The molecule has 9 heteroatoms. The van der Waals surface area contributed by atoms with Gasteiger partial charge in [-0.1, -0.05) is 26.0 Å². The van der Waals surface area contributed by atoms with Crippen LogP contribution < -0.4 is 5.32 Å². The van der Waals surface area contributed by atoms with Crippen molar-refractivity contribution in [2.75, 3.05) is 5.32 Å². The summed E-state index contributed by atoms with van der Waals surface area (Å²) in [5.74, 6) is 0.0426. The van der Waals surface area contributed by atoms with E-state index in [-0.39, 0.29) is 11.3 Å². The second kappa shape index (κ2) is 8.87. The molecule has 1 amide bonds. The number of carbonyl (C=O) groups excluding carboxylic acids is 1. The van der Waals surface area contributed by atoms with Crippen LogP contribution in [0.25, 0.3) is 0 Å². The highest BCUT2D eigenvalue weighted by atomic mass is 32.2. The fraction of sp³-hybridized carbons (Fsp3) is 0.250. The zero-order chi connectivity index (χ0) is 21.0. The number of anilines is 1. The van der Waals surface area contributed by atoms with Gasteiger partial charge in [0.1, 0.15) is 6.33 Å². The Morgan fingerprint density at radius 3 is 2.59 bits per heavy atom. The molecule has 0 radical (unpaired) electrons. The van der Waals surface area contributed by atoms with E-state index in [0.717, 1.165) is 18.2 Å². The molecule has 0 aliphatic heterocycles. The number of nitrogens with one attached hydrogen (secondary N) is 1. The number of benzene rings is 2. The van der Waals surface area contributed by atoms with Gasteiger partial charge < -0.3 is 9.88 Å². The molecule has 3 rings (SSSR count). The van der Waals surface area contributed by atoms with Gasteiger partial charge in [0.15, 0.2) is 5.16 Å². The molecule has 1 N–H and O–H groups in total. The summed E-state index contributed by atoms with van der Waals surface area (Å²) >= 11 is 1.12. The normalized spacial score (nSPS) is 11.8. The Hall–Kier alpha value is -3.20. The van der Waals surface area contributed by atoms with E-state index < -0.39 is 10.8 Å². The van der Waals surface area contributed by atoms with E-state index in [1.165, 1.54) is 18.0 Å². The largest absolute Gasteiger partial charge is 0.322 e. The molecule has 1 atom stereocenters. The summed E-state index contributed by atoms with van der Waals surface area (Å²) < 4.78 is 1.66. The molecule has 1 aromatic heterocycles. The van der Waals surface area contributed by atoms with Crippen molar-refractivity contribution in [1.29, 1.82) is 0 Å². The number of nitrogens with zero attached hydrogens (tertiary/aromatic N) is 4. The molecular formula is C20H21N5O3S. The first-order chi connectivity index (χ1) is 13.9. The molecule has 29 heavy (non-hydrogen) atoms. The van der Waals surface area contributed by atoms with Crippen LogP contribution in [0.3, 0.4) is 0 Å². The fourth-order valence-electron chi connectivity index (χ4n) is 2.68. The Balaban J connectivity index is 1.79. The molecule has 0 fully saturated rings. The van der Waals surface area contributed by atoms with Crippen LogP contribution >= 0.6 is 11.8 Å². The van der Waals surface area contributed by atoms with Crippen molar-refractivity contribution in [3.63, 3.8) is 0 Å². The molecule has 0 bridgehead atoms. The number of rotatable bonds is 7. The number of amides is 1. The first-order valence-electron chi connectivity index (χ1n) is 9.10. The van der Waals surface area contributed by atoms with Gasteiger partial charge >= 0.3 is 0 Å². The molecular weight excluding hydrogens is 390 g/mol. The lowest BCUT2D eigenvalue weighted by Crippen LogP contribution is -2.12. The van der Waals surface area contributed by atoms with Crippen LogP contribution in [0, 0.1) is 10.1 Å². The lowest BCUT2D eigenvalue weighted by atomic mass is 9.98. The highest BCUT2D eigenvalue weighted by molar-refractivity contribution is 7.99. The Labute approximate surface area is 172 Å². The highest BCUT2D eigenvalue weighted by Crippen LogP contribution is 2.34. The number of aromatic nitrogens is 3. The minimum absolute atomic E-state index is 0.155. The molecule has 0 saturated heterocycles. The summed E-state index contributed by atoms with van der Waals surface area (Å²) in [6, 6.07) is 12.0. The van der Waals surface area contributed by atoms with Gasteiger partial charge in [-0.3, -0.25) is 14.9 Å². The zero-order valence-corrected chi connectivity index (χ0v) is 17.1. The molecule has 2 aromatic carbocycles. The van der Waals surface area contributed by atoms with Crippen LogP contribution in [0.1, 0.15) is 42.1 Å². The van der Waals surface area contributed by atoms with Gasteiger partial charge in [0.25, 0.3) is 11.6 Å². The van der Waals surface area contributed by atoms with E-state index in [2.05, 4.69) is 29.4 Å². The second-order valence-electron chi connectivity index (χ2n) is 6.65. The molecule has 3 aromatic rings. The molecule has 0 aliphatic carbocycles. The van der Waals surface area contributed by atoms with E-state index in [1.54, 1.807) is 23.7 Å². The van der Waals surface area contributed by atoms with Crippen LogP contribution in [0.15, 0.2) is 58.8 Å². The molecule has 1 heterocycles. The van der Waals surface area contributed by atoms with Crippen molar-refractivity contribution in [2.45, 2.75) is 36.2 Å². The van der Waals surface area contributed by atoms with Crippen LogP contribution in [-0.2, 0) is 7.05 Å². The summed E-state index contributed by atoms with van der Waals surface area (Å²) in [5.41, 5.74) is 1.90. The predicted octanol–water partition coefficient (Wildman–Crippen LogP) is 4.64. The van der Waals surface area contributed by atoms with Crippen molar-refractivity contribution >= 4 is 29.0 Å². The third-order valence-electron chi connectivity index (χ3n) is 4.64. The summed E-state index contributed by atoms with van der Waals surface area (Å²) in [4.78, 5) is 24.0. The van der Waals surface area contributed by atoms with Gasteiger partial charge in [-0.05, 0) is 53.9 Å². The van der Waals surface area contributed by atoms with Gasteiger partial charge in [-0.15, -0.1) is 10.2 Å². The highest BCUT2D eigenvalue weighted by Gasteiger charge is 2.20. The van der Waals surface area contributed by atoms with Crippen LogP contribution in [0.5, 0.6) is 0 Å². The number of aryl methyl sites for hydroxylation is 1. The lowest BCUT2D eigenvalue weighted by Gasteiger charge is -2.11. The van der Waals surface area contributed by atoms with Crippen molar-refractivity contribution in [2.24, 2.45) is 7.05 Å². The summed E-state index contributed by atoms with van der Waals surface area (Å²) in [5, 5.41) is 22.5. The first kappa shape index (κ1) is 20.5. The standard InChI is InChI=1S/C20H21N5O3S/c1-4-13(2)14-5-8-16(9-6-14)22-19(26)15-7-10-18(17(11-15)25(27)28)29-20-23-21-12-24(20)3/h5-13H,4H2,1-3H3,(H,22,26). The van der Waals surface area contributed by atoms with Crippen molar-refractivity contribution in [3.8, 4) is 0 Å². The summed E-state index contributed by atoms with van der Waals surface area (Å²) in [7, 11) is 1.75. The van der Waals surface area contributed by atoms with E-state index in [9.17, 15) is 14.9 Å². The van der Waals surface area contributed by atoms with Gasteiger partial charge in [0, 0.05) is 24.4 Å². The van der Waals surface area contributed by atoms with Crippen LogP contribution in [0.4, 0.5) is 11.4 Å². The van der Waals surface area contributed by atoms with Gasteiger partial charge in [0.05, 0.1) is 9.82 Å². The average Bonchev–Trinajstić information content (AvgIpc) is 3.12. The van der Waals surface area contributed by atoms with E-state index in [1.807, 2.05) is 24.3 Å². The topological polar surface area (TPSA) is 103 Å². The lowest BCUT2D eigenvalue weighted by molar-refractivity contribution is -0.387. The van der Waals surface area contributed by atoms with E-state index in [0.29, 0.717) is 21.7 Å². The number of nitro groups is 1. The molecule has 1 unspecified atom stereocenters. The third-order valence-corrected chi connectivity index (χ3v) is 5.76. The molecule has 0 aliphatic rings. The third kappa shape index (κ3) is 4.80. The average molecular weight is 411 g/mol. The number of nitro benzene ring substituents is 1. The minimum Gasteiger partial charge on any atom is -0.322 e. The SMILES string of the molecule is CCC(C)c1ccc(NC(=O)c2ccc(Sc3nncn3C)c([N+](=O)[O-])c2)cc1. The van der Waals surface area contributed by atoms with Gasteiger partial charge in [-0.2, -0.15) is 0 Å².